The van der Waals surface area contributed by atoms with E-state index in [-0.39, 0.29) is 6.61 Å². The van der Waals surface area contributed by atoms with Crippen molar-refractivity contribution >= 4 is 32.3 Å². The van der Waals surface area contributed by atoms with E-state index in [1.807, 2.05) is 0 Å². The first-order valence-corrected chi connectivity index (χ1v) is 8.25. The number of ether oxygens (including phenoxy) is 1. The zero-order valence-corrected chi connectivity index (χ0v) is 13.6. The summed E-state index contributed by atoms with van der Waals surface area (Å²) >= 11 is 0. The van der Waals surface area contributed by atoms with E-state index in [9.17, 15) is 10.2 Å². The first-order chi connectivity index (χ1) is 11.7. The van der Waals surface area contributed by atoms with Crippen LogP contribution < -0.4 is 0 Å². The van der Waals surface area contributed by atoms with Crippen molar-refractivity contribution in [1.29, 1.82) is 0 Å². The topological polar surface area (TPSA) is 49.7 Å². The van der Waals surface area contributed by atoms with Crippen LogP contribution >= 0.6 is 0 Å². The minimum atomic E-state index is -0.699. The highest BCUT2D eigenvalue weighted by Gasteiger charge is 2.16. The van der Waals surface area contributed by atoms with E-state index in [0.717, 1.165) is 5.56 Å². The molecule has 2 unspecified atom stereocenters. The van der Waals surface area contributed by atoms with Gasteiger partial charge in [0, 0.05) is 0 Å². The molecule has 0 spiro atoms. The molecule has 2 N–H and O–H groups in total. The molecular weight excluding hydrogens is 300 g/mol. The van der Waals surface area contributed by atoms with Gasteiger partial charge in [-0.15, -0.1) is 0 Å². The Kier molecular flexibility index (Phi) is 3.85. The predicted molar refractivity (Wildman–Crippen MR) is 97.5 cm³/mol. The average Bonchev–Trinajstić information content (AvgIpc) is 2.60. The first kappa shape index (κ1) is 15.3. The maximum atomic E-state index is 9.64. The fourth-order valence-electron chi connectivity index (χ4n) is 3.46. The van der Waals surface area contributed by atoms with Crippen molar-refractivity contribution in [2.24, 2.45) is 0 Å². The zero-order chi connectivity index (χ0) is 16.7. The second kappa shape index (κ2) is 6.02. The molecule has 4 rings (SSSR count). The zero-order valence-electron chi connectivity index (χ0n) is 13.6. The molecule has 0 saturated carbocycles. The van der Waals surface area contributed by atoms with Crippen molar-refractivity contribution in [2.75, 3.05) is 6.61 Å². The lowest BCUT2D eigenvalue weighted by molar-refractivity contribution is -0.0635. The van der Waals surface area contributed by atoms with Crippen LogP contribution in [0.2, 0.25) is 0 Å². The minimum absolute atomic E-state index is 0.191. The molecule has 4 aromatic rings. The van der Waals surface area contributed by atoms with Crippen LogP contribution in [-0.2, 0) is 11.3 Å². The molecule has 0 saturated heterocycles. The Labute approximate surface area is 140 Å². The summed E-state index contributed by atoms with van der Waals surface area (Å²) in [5.74, 6) is 0. The van der Waals surface area contributed by atoms with Crippen molar-refractivity contribution in [3.8, 4) is 0 Å². The predicted octanol–water partition coefficient (Wildman–Crippen LogP) is 3.84. The molecule has 4 aromatic carbocycles. The summed E-state index contributed by atoms with van der Waals surface area (Å²) in [6.45, 7) is 1.80. The van der Waals surface area contributed by atoms with Crippen LogP contribution in [0.15, 0.2) is 54.6 Å². The standard InChI is InChI=1S/C21H20O3/c1-13(23)19(11-22)24-12-17-8-7-16-6-5-14-3-2-4-15-9-10-18(17)21(16)20(14)15/h2-10,13,19,22-23H,11-12H2,1H3. The Balaban J connectivity index is 1.85. The lowest BCUT2D eigenvalue weighted by atomic mass is 9.92. The van der Waals surface area contributed by atoms with Crippen molar-refractivity contribution < 1.29 is 14.9 Å². The average molecular weight is 320 g/mol. The Morgan fingerprint density at radius 3 is 2.17 bits per heavy atom. The number of aliphatic hydroxyl groups is 2. The van der Waals surface area contributed by atoms with Gasteiger partial charge in [0.05, 0.1) is 19.3 Å². The maximum absolute atomic E-state index is 9.64. The second-order valence-electron chi connectivity index (χ2n) is 6.35. The minimum Gasteiger partial charge on any atom is -0.394 e. The van der Waals surface area contributed by atoms with Gasteiger partial charge in [0.1, 0.15) is 6.10 Å². The Hall–Kier alpha value is -2.20. The van der Waals surface area contributed by atoms with E-state index in [0.29, 0.717) is 6.61 Å². The third-order valence-electron chi connectivity index (χ3n) is 4.79. The van der Waals surface area contributed by atoms with Crippen LogP contribution in [0.25, 0.3) is 32.3 Å². The molecule has 0 aliphatic rings. The van der Waals surface area contributed by atoms with Crippen molar-refractivity contribution in [3.05, 3.63) is 60.2 Å². The molecule has 0 aliphatic carbocycles. The maximum Gasteiger partial charge on any atom is 0.107 e. The summed E-state index contributed by atoms with van der Waals surface area (Å²) in [5.41, 5.74) is 1.07. The monoisotopic (exact) mass is 320 g/mol. The number of hydrogen-bond donors (Lipinski definition) is 2. The second-order valence-corrected chi connectivity index (χ2v) is 6.35. The molecule has 3 nitrogen and oxygen atoms in total. The summed E-state index contributed by atoms with van der Waals surface area (Å²) in [4.78, 5) is 0. The molecule has 0 radical (unpaired) electrons. The number of hydrogen-bond acceptors (Lipinski definition) is 3. The van der Waals surface area contributed by atoms with Gasteiger partial charge in [0.2, 0.25) is 0 Å². The van der Waals surface area contributed by atoms with Gasteiger partial charge in [0.15, 0.2) is 0 Å². The molecule has 0 amide bonds. The van der Waals surface area contributed by atoms with Crippen LogP contribution in [-0.4, -0.2) is 29.0 Å². The molecule has 3 heteroatoms. The molecule has 0 aliphatic heterocycles. The normalized spacial score (nSPS) is 14.6. The molecule has 122 valence electrons. The summed E-state index contributed by atoms with van der Waals surface area (Å²) < 4.78 is 5.73. The Morgan fingerprint density at radius 2 is 1.50 bits per heavy atom. The van der Waals surface area contributed by atoms with Crippen LogP contribution in [0.4, 0.5) is 0 Å². The van der Waals surface area contributed by atoms with Gasteiger partial charge in [-0.3, -0.25) is 0 Å². The van der Waals surface area contributed by atoms with Gasteiger partial charge < -0.3 is 14.9 Å². The van der Waals surface area contributed by atoms with E-state index in [4.69, 9.17) is 4.74 Å². The molecule has 0 fully saturated rings. The van der Waals surface area contributed by atoms with Gasteiger partial charge in [-0.1, -0.05) is 54.6 Å². The van der Waals surface area contributed by atoms with Crippen molar-refractivity contribution in [2.45, 2.75) is 25.7 Å². The summed E-state index contributed by atoms with van der Waals surface area (Å²) in [6, 6.07) is 19.1. The highest BCUT2D eigenvalue weighted by molar-refractivity contribution is 6.23. The SMILES string of the molecule is CC(O)C(CO)OCc1ccc2ccc3cccc4ccc1c2c34. The number of aliphatic hydroxyl groups excluding tert-OH is 2. The fourth-order valence-corrected chi connectivity index (χ4v) is 3.46. The first-order valence-electron chi connectivity index (χ1n) is 8.25. The number of benzene rings is 4. The largest absolute Gasteiger partial charge is 0.394 e. The van der Waals surface area contributed by atoms with E-state index in [2.05, 4.69) is 54.6 Å². The molecule has 2 atom stereocenters. The Bertz CT molecular complexity index is 975. The molecule has 24 heavy (non-hydrogen) atoms. The Morgan fingerprint density at radius 1 is 0.875 bits per heavy atom. The third-order valence-corrected chi connectivity index (χ3v) is 4.79. The third kappa shape index (κ3) is 2.42. The highest BCUT2D eigenvalue weighted by atomic mass is 16.5. The smallest absolute Gasteiger partial charge is 0.107 e. The van der Waals surface area contributed by atoms with Crippen molar-refractivity contribution in [3.63, 3.8) is 0 Å². The quantitative estimate of drug-likeness (QED) is 0.549. The summed E-state index contributed by atoms with van der Waals surface area (Å²) in [7, 11) is 0. The van der Waals surface area contributed by atoms with Crippen LogP contribution in [0.3, 0.4) is 0 Å². The van der Waals surface area contributed by atoms with E-state index < -0.39 is 12.2 Å². The van der Waals surface area contributed by atoms with Crippen LogP contribution in [0, 0.1) is 0 Å². The van der Waals surface area contributed by atoms with Crippen LogP contribution in [0.1, 0.15) is 12.5 Å². The van der Waals surface area contributed by atoms with Gasteiger partial charge in [-0.05, 0) is 44.8 Å². The summed E-state index contributed by atoms with van der Waals surface area (Å²) in [5, 5.41) is 26.4. The van der Waals surface area contributed by atoms with Gasteiger partial charge in [-0.2, -0.15) is 0 Å². The number of rotatable bonds is 5. The lowest BCUT2D eigenvalue weighted by Crippen LogP contribution is -2.29. The van der Waals surface area contributed by atoms with E-state index in [1.165, 1.54) is 32.3 Å². The van der Waals surface area contributed by atoms with Crippen molar-refractivity contribution in [1.82, 2.24) is 0 Å². The van der Waals surface area contributed by atoms with Gasteiger partial charge in [0.25, 0.3) is 0 Å². The molecule has 0 heterocycles. The van der Waals surface area contributed by atoms with Gasteiger partial charge in [-0.25, -0.2) is 0 Å². The molecule has 0 aromatic heterocycles. The van der Waals surface area contributed by atoms with E-state index >= 15 is 0 Å². The highest BCUT2D eigenvalue weighted by Crippen LogP contribution is 2.36. The van der Waals surface area contributed by atoms with Crippen LogP contribution in [0.5, 0.6) is 0 Å². The fraction of sp³-hybridized carbons (Fsp3) is 0.238. The van der Waals surface area contributed by atoms with E-state index in [1.54, 1.807) is 6.92 Å². The lowest BCUT2D eigenvalue weighted by Gasteiger charge is -2.19. The molecule has 0 bridgehead atoms. The summed E-state index contributed by atoms with van der Waals surface area (Å²) in [6.07, 6.45) is -1.27. The van der Waals surface area contributed by atoms with Gasteiger partial charge >= 0.3 is 0 Å². The molecular formula is C21H20O3.